The minimum atomic E-state index is 0.439. The van der Waals surface area contributed by atoms with Crippen molar-refractivity contribution in [2.75, 3.05) is 6.54 Å². The standard InChI is InChI=1S/C13H18BrN3S/c1-11(12-4-5-13(14)18-12)16-6-2-3-8-17-9-7-15-10-17/h4-5,7,9-11,16H,2-3,6,8H2,1H3. The zero-order chi connectivity index (χ0) is 12.8. The Morgan fingerprint density at radius 2 is 2.33 bits per heavy atom. The molecule has 2 aromatic heterocycles. The Morgan fingerprint density at radius 3 is 3.00 bits per heavy atom. The molecule has 0 aliphatic heterocycles. The molecule has 0 bridgehead atoms. The smallest absolute Gasteiger partial charge is 0.0945 e. The Bertz CT molecular complexity index is 453. The van der Waals surface area contributed by atoms with Crippen molar-refractivity contribution in [1.29, 1.82) is 0 Å². The molecular formula is C13H18BrN3S. The Labute approximate surface area is 120 Å². The molecule has 0 aliphatic rings. The van der Waals surface area contributed by atoms with Crippen LogP contribution in [0.1, 0.15) is 30.7 Å². The molecule has 2 aromatic rings. The number of nitrogens with zero attached hydrogens (tertiary/aromatic N) is 2. The first kappa shape index (κ1) is 13.8. The maximum Gasteiger partial charge on any atom is 0.0945 e. The summed E-state index contributed by atoms with van der Waals surface area (Å²) >= 11 is 5.30. The number of aromatic nitrogens is 2. The fourth-order valence-corrected chi connectivity index (χ4v) is 3.27. The predicted molar refractivity (Wildman–Crippen MR) is 79.9 cm³/mol. The highest BCUT2D eigenvalue weighted by atomic mass is 79.9. The monoisotopic (exact) mass is 327 g/mol. The van der Waals surface area contributed by atoms with Crippen LogP contribution < -0.4 is 5.32 Å². The third kappa shape index (κ3) is 4.23. The number of thiophene rings is 1. The number of rotatable bonds is 7. The van der Waals surface area contributed by atoms with Crippen molar-refractivity contribution in [3.8, 4) is 0 Å². The van der Waals surface area contributed by atoms with E-state index in [2.05, 4.69) is 49.9 Å². The zero-order valence-electron chi connectivity index (χ0n) is 10.5. The van der Waals surface area contributed by atoms with E-state index in [0.29, 0.717) is 6.04 Å². The van der Waals surface area contributed by atoms with Crippen LogP contribution in [0.5, 0.6) is 0 Å². The quantitative estimate of drug-likeness (QED) is 0.783. The summed E-state index contributed by atoms with van der Waals surface area (Å²) in [6.07, 6.45) is 8.09. The Hall–Kier alpha value is -0.650. The molecule has 0 saturated heterocycles. The van der Waals surface area contributed by atoms with Crippen LogP contribution in [0.3, 0.4) is 0 Å². The van der Waals surface area contributed by atoms with Crippen molar-refractivity contribution >= 4 is 27.3 Å². The first-order valence-electron chi connectivity index (χ1n) is 6.20. The van der Waals surface area contributed by atoms with E-state index < -0.39 is 0 Å². The van der Waals surface area contributed by atoms with Gasteiger partial charge in [0.1, 0.15) is 0 Å². The number of unbranched alkanes of at least 4 members (excludes halogenated alkanes) is 1. The fraction of sp³-hybridized carbons (Fsp3) is 0.462. The average molecular weight is 328 g/mol. The number of halogens is 1. The molecule has 0 amide bonds. The van der Waals surface area contributed by atoms with E-state index in [-0.39, 0.29) is 0 Å². The Morgan fingerprint density at radius 1 is 1.44 bits per heavy atom. The van der Waals surface area contributed by atoms with Crippen LogP contribution in [0.2, 0.25) is 0 Å². The van der Waals surface area contributed by atoms with Crippen LogP contribution in [-0.2, 0) is 6.54 Å². The molecule has 5 heteroatoms. The van der Waals surface area contributed by atoms with Gasteiger partial charge in [-0.15, -0.1) is 11.3 Å². The van der Waals surface area contributed by atoms with Gasteiger partial charge in [0, 0.05) is 29.9 Å². The summed E-state index contributed by atoms with van der Waals surface area (Å²) in [6, 6.07) is 4.73. The number of hydrogen-bond donors (Lipinski definition) is 1. The van der Waals surface area contributed by atoms with Crippen molar-refractivity contribution < 1.29 is 0 Å². The molecule has 2 rings (SSSR count). The lowest BCUT2D eigenvalue weighted by molar-refractivity contribution is 0.527. The molecule has 0 saturated carbocycles. The second-order valence-corrected chi connectivity index (χ2v) is 6.82. The summed E-state index contributed by atoms with van der Waals surface area (Å²) in [5, 5.41) is 3.56. The summed E-state index contributed by atoms with van der Waals surface area (Å²) in [5.74, 6) is 0. The van der Waals surface area contributed by atoms with E-state index in [0.717, 1.165) is 13.1 Å². The SMILES string of the molecule is CC(NCCCCn1ccnc1)c1ccc(Br)s1. The molecule has 1 atom stereocenters. The molecule has 0 aromatic carbocycles. The first-order chi connectivity index (χ1) is 8.75. The molecule has 18 heavy (non-hydrogen) atoms. The number of imidazole rings is 1. The topological polar surface area (TPSA) is 29.9 Å². The summed E-state index contributed by atoms with van der Waals surface area (Å²) in [4.78, 5) is 5.42. The van der Waals surface area contributed by atoms with E-state index in [1.54, 1.807) is 11.3 Å². The molecule has 1 N–H and O–H groups in total. The van der Waals surface area contributed by atoms with Crippen LogP contribution in [0.25, 0.3) is 0 Å². The molecule has 3 nitrogen and oxygen atoms in total. The van der Waals surface area contributed by atoms with Gasteiger partial charge < -0.3 is 9.88 Å². The molecule has 0 spiro atoms. The highest BCUT2D eigenvalue weighted by molar-refractivity contribution is 9.11. The van der Waals surface area contributed by atoms with Crippen molar-refractivity contribution in [3.63, 3.8) is 0 Å². The van der Waals surface area contributed by atoms with Gasteiger partial charge in [0.25, 0.3) is 0 Å². The third-order valence-corrected chi connectivity index (χ3v) is 4.68. The maximum atomic E-state index is 4.04. The second kappa shape index (κ2) is 7.07. The summed E-state index contributed by atoms with van der Waals surface area (Å²) < 4.78 is 3.33. The number of nitrogens with one attached hydrogen (secondary N) is 1. The van der Waals surface area contributed by atoms with Crippen molar-refractivity contribution in [1.82, 2.24) is 14.9 Å². The lowest BCUT2D eigenvalue weighted by atomic mass is 10.2. The Kier molecular flexibility index (Phi) is 5.41. The van der Waals surface area contributed by atoms with E-state index in [9.17, 15) is 0 Å². The number of aryl methyl sites for hydroxylation is 1. The van der Waals surface area contributed by atoms with Crippen LogP contribution >= 0.6 is 27.3 Å². The van der Waals surface area contributed by atoms with Crippen molar-refractivity contribution in [2.45, 2.75) is 32.4 Å². The maximum absolute atomic E-state index is 4.04. The van der Waals surface area contributed by atoms with Gasteiger partial charge in [0.15, 0.2) is 0 Å². The van der Waals surface area contributed by atoms with Gasteiger partial charge in [-0.2, -0.15) is 0 Å². The van der Waals surface area contributed by atoms with Crippen LogP contribution in [0, 0.1) is 0 Å². The summed E-state index contributed by atoms with van der Waals surface area (Å²) in [6.45, 7) is 4.33. The molecule has 0 aliphatic carbocycles. The van der Waals surface area contributed by atoms with Gasteiger partial charge in [-0.1, -0.05) is 0 Å². The zero-order valence-corrected chi connectivity index (χ0v) is 12.9. The summed E-state index contributed by atoms with van der Waals surface area (Å²) in [5.41, 5.74) is 0. The molecule has 98 valence electrons. The average Bonchev–Trinajstić information content (AvgIpc) is 2.99. The van der Waals surface area contributed by atoms with E-state index in [1.807, 2.05) is 18.7 Å². The van der Waals surface area contributed by atoms with Crippen molar-refractivity contribution in [3.05, 3.63) is 39.5 Å². The van der Waals surface area contributed by atoms with Crippen LogP contribution in [-0.4, -0.2) is 16.1 Å². The van der Waals surface area contributed by atoms with Gasteiger partial charge in [0.2, 0.25) is 0 Å². The normalized spacial score (nSPS) is 12.8. The van der Waals surface area contributed by atoms with E-state index in [4.69, 9.17) is 0 Å². The largest absolute Gasteiger partial charge is 0.337 e. The fourth-order valence-electron chi connectivity index (χ4n) is 1.82. The van der Waals surface area contributed by atoms with E-state index in [1.165, 1.54) is 21.5 Å². The lowest BCUT2D eigenvalue weighted by Crippen LogP contribution is -2.19. The Balaban J connectivity index is 1.60. The first-order valence-corrected chi connectivity index (χ1v) is 7.81. The van der Waals surface area contributed by atoms with Gasteiger partial charge in [-0.05, 0) is 54.4 Å². The minimum Gasteiger partial charge on any atom is -0.337 e. The van der Waals surface area contributed by atoms with Crippen LogP contribution in [0.4, 0.5) is 0 Å². The summed E-state index contributed by atoms with van der Waals surface area (Å²) in [7, 11) is 0. The predicted octanol–water partition coefficient (Wildman–Crippen LogP) is 3.84. The van der Waals surface area contributed by atoms with Crippen molar-refractivity contribution in [2.24, 2.45) is 0 Å². The van der Waals surface area contributed by atoms with Gasteiger partial charge in [-0.3, -0.25) is 0 Å². The highest BCUT2D eigenvalue weighted by Gasteiger charge is 2.06. The lowest BCUT2D eigenvalue weighted by Gasteiger charge is -2.11. The molecule has 0 fully saturated rings. The van der Waals surface area contributed by atoms with Crippen LogP contribution in [0.15, 0.2) is 34.6 Å². The molecule has 2 heterocycles. The molecular weight excluding hydrogens is 310 g/mol. The second-order valence-electron chi connectivity index (χ2n) is 4.33. The highest BCUT2D eigenvalue weighted by Crippen LogP contribution is 2.26. The minimum absolute atomic E-state index is 0.439. The van der Waals surface area contributed by atoms with Gasteiger partial charge in [-0.25, -0.2) is 4.98 Å². The number of hydrogen-bond acceptors (Lipinski definition) is 3. The van der Waals surface area contributed by atoms with E-state index >= 15 is 0 Å². The third-order valence-electron chi connectivity index (χ3n) is 2.87. The molecule has 0 radical (unpaired) electrons. The van der Waals surface area contributed by atoms with Gasteiger partial charge in [0.05, 0.1) is 10.1 Å². The van der Waals surface area contributed by atoms with Gasteiger partial charge >= 0.3 is 0 Å². The molecule has 1 unspecified atom stereocenters.